The number of nitrogens with zero attached hydrogens (tertiary/aromatic N) is 2. The molecular formula is C6H8ClN3O3S. The van der Waals surface area contributed by atoms with Crippen molar-refractivity contribution in [3.8, 4) is 5.88 Å². The smallest absolute Gasteiger partial charge is 0.241 e. The van der Waals surface area contributed by atoms with Crippen molar-refractivity contribution in [1.29, 1.82) is 0 Å². The molecule has 0 amide bonds. The van der Waals surface area contributed by atoms with E-state index in [1.54, 1.807) is 0 Å². The molecule has 0 spiro atoms. The molecule has 0 atom stereocenters. The molecule has 0 fully saturated rings. The fourth-order valence-electron chi connectivity index (χ4n) is 0.713. The molecule has 78 valence electrons. The Labute approximate surface area is 86.3 Å². The number of sulfonamides is 1. The lowest BCUT2D eigenvalue weighted by atomic mass is 10.6. The highest BCUT2D eigenvalue weighted by Gasteiger charge is 2.07. The lowest BCUT2D eigenvalue weighted by Crippen LogP contribution is -2.12. The van der Waals surface area contributed by atoms with Gasteiger partial charge < -0.3 is 4.74 Å². The predicted octanol–water partition coefficient (Wildman–Crippen LogP) is 0.510. The molecule has 6 nitrogen and oxygen atoms in total. The largest absolute Gasteiger partial charge is 0.481 e. The van der Waals surface area contributed by atoms with E-state index in [0.29, 0.717) is 0 Å². The molecule has 0 aromatic carbocycles. The van der Waals surface area contributed by atoms with Gasteiger partial charge in [0.2, 0.25) is 21.9 Å². The van der Waals surface area contributed by atoms with Crippen LogP contribution in [-0.4, -0.2) is 31.8 Å². The van der Waals surface area contributed by atoms with E-state index in [2.05, 4.69) is 14.7 Å². The van der Waals surface area contributed by atoms with E-state index in [-0.39, 0.29) is 17.0 Å². The summed E-state index contributed by atoms with van der Waals surface area (Å²) in [6.07, 6.45) is 0.990. The van der Waals surface area contributed by atoms with Crippen molar-refractivity contribution in [1.82, 2.24) is 9.97 Å². The van der Waals surface area contributed by atoms with E-state index in [9.17, 15) is 8.42 Å². The number of rotatable bonds is 3. The van der Waals surface area contributed by atoms with Crippen molar-refractivity contribution in [2.75, 3.05) is 18.1 Å². The monoisotopic (exact) mass is 237 g/mol. The summed E-state index contributed by atoms with van der Waals surface area (Å²) in [6, 6.07) is 1.37. The highest BCUT2D eigenvalue weighted by Crippen LogP contribution is 2.15. The SMILES string of the molecule is COc1cc(Cl)nc(NS(C)(=O)=O)n1. The molecule has 0 bridgehead atoms. The van der Waals surface area contributed by atoms with Crippen LogP contribution in [0.3, 0.4) is 0 Å². The van der Waals surface area contributed by atoms with E-state index in [1.807, 2.05) is 0 Å². The van der Waals surface area contributed by atoms with Crippen molar-refractivity contribution >= 4 is 27.6 Å². The highest BCUT2D eigenvalue weighted by atomic mass is 35.5. The minimum atomic E-state index is -3.41. The molecule has 0 saturated heterocycles. The van der Waals surface area contributed by atoms with Gasteiger partial charge in [-0.25, -0.2) is 13.4 Å². The molecular weight excluding hydrogens is 230 g/mol. The Bertz CT molecular complexity index is 434. The summed E-state index contributed by atoms with van der Waals surface area (Å²) in [5, 5.41) is 0.100. The Morgan fingerprint density at radius 3 is 2.64 bits per heavy atom. The molecule has 0 aliphatic rings. The lowest BCUT2D eigenvalue weighted by molar-refractivity contribution is 0.397. The maximum Gasteiger partial charge on any atom is 0.241 e. The summed E-state index contributed by atoms with van der Waals surface area (Å²) in [4.78, 5) is 7.38. The number of hydrogen-bond acceptors (Lipinski definition) is 5. The summed E-state index contributed by atoms with van der Waals surface area (Å²) >= 11 is 5.59. The summed E-state index contributed by atoms with van der Waals surface area (Å²) in [5.41, 5.74) is 0. The molecule has 1 rings (SSSR count). The van der Waals surface area contributed by atoms with Crippen LogP contribution in [0.25, 0.3) is 0 Å². The topological polar surface area (TPSA) is 81.2 Å². The lowest BCUT2D eigenvalue weighted by Gasteiger charge is -2.04. The van der Waals surface area contributed by atoms with Gasteiger partial charge in [0.1, 0.15) is 5.15 Å². The molecule has 0 aliphatic heterocycles. The number of hydrogen-bond donors (Lipinski definition) is 1. The summed E-state index contributed by atoms with van der Waals surface area (Å²) in [6.45, 7) is 0. The first-order valence-electron chi connectivity index (χ1n) is 3.47. The molecule has 8 heteroatoms. The van der Waals surface area contributed by atoms with Crippen molar-refractivity contribution in [3.05, 3.63) is 11.2 Å². The number of nitrogens with one attached hydrogen (secondary N) is 1. The maximum atomic E-state index is 10.8. The van der Waals surface area contributed by atoms with Gasteiger partial charge in [-0.2, -0.15) is 4.98 Å². The van der Waals surface area contributed by atoms with Crippen LogP contribution in [0, 0.1) is 0 Å². The summed E-state index contributed by atoms with van der Waals surface area (Å²) in [7, 11) is -2.02. The van der Waals surface area contributed by atoms with Gasteiger partial charge in [0, 0.05) is 6.07 Å². The number of anilines is 1. The Kier molecular flexibility index (Phi) is 3.12. The van der Waals surface area contributed by atoms with Crippen LogP contribution in [0.5, 0.6) is 5.88 Å². The molecule has 1 aromatic rings. The minimum absolute atomic E-state index is 0.100. The number of ether oxygens (including phenoxy) is 1. The number of halogens is 1. The van der Waals surface area contributed by atoms with Crippen LogP contribution < -0.4 is 9.46 Å². The van der Waals surface area contributed by atoms with Gasteiger partial charge in [-0.15, -0.1) is 0 Å². The first-order valence-corrected chi connectivity index (χ1v) is 5.74. The second-order valence-electron chi connectivity index (χ2n) is 2.43. The van der Waals surface area contributed by atoms with Crippen LogP contribution in [-0.2, 0) is 10.0 Å². The first-order chi connectivity index (χ1) is 6.40. The van der Waals surface area contributed by atoms with Crippen LogP contribution in [0.2, 0.25) is 5.15 Å². The average Bonchev–Trinajstić information content (AvgIpc) is 1.99. The fraction of sp³-hybridized carbons (Fsp3) is 0.333. The van der Waals surface area contributed by atoms with Gasteiger partial charge in [-0.3, -0.25) is 4.72 Å². The predicted molar refractivity (Wildman–Crippen MR) is 52.1 cm³/mol. The normalized spacial score (nSPS) is 11.1. The molecule has 14 heavy (non-hydrogen) atoms. The van der Waals surface area contributed by atoms with E-state index >= 15 is 0 Å². The molecule has 1 N–H and O–H groups in total. The highest BCUT2D eigenvalue weighted by molar-refractivity contribution is 7.91. The van der Waals surface area contributed by atoms with Crippen LogP contribution in [0.15, 0.2) is 6.07 Å². The van der Waals surface area contributed by atoms with Crippen LogP contribution in [0.1, 0.15) is 0 Å². The van der Waals surface area contributed by atoms with E-state index in [4.69, 9.17) is 16.3 Å². The van der Waals surface area contributed by atoms with Gasteiger partial charge in [0.05, 0.1) is 13.4 Å². The molecule has 0 aliphatic carbocycles. The van der Waals surface area contributed by atoms with Crippen LogP contribution in [0.4, 0.5) is 5.95 Å². The Balaban J connectivity index is 3.04. The van der Waals surface area contributed by atoms with Crippen molar-refractivity contribution in [2.24, 2.45) is 0 Å². The second kappa shape index (κ2) is 3.97. The maximum absolute atomic E-state index is 10.8. The summed E-state index contributed by atoms with van der Waals surface area (Å²) < 4.78 is 28.5. The second-order valence-corrected chi connectivity index (χ2v) is 4.57. The van der Waals surface area contributed by atoms with E-state index < -0.39 is 10.0 Å². The zero-order chi connectivity index (χ0) is 10.8. The Hall–Kier alpha value is -1.08. The zero-order valence-corrected chi connectivity index (χ0v) is 9.06. The quantitative estimate of drug-likeness (QED) is 0.775. The third-order valence-corrected chi connectivity index (χ3v) is 1.90. The third-order valence-electron chi connectivity index (χ3n) is 1.16. The fourth-order valence-corrected chi connectivity index (χ4v) is 1.31. The van der Waals surface area contributed by atoms with E-state index in [1.165, 1.54) is 13.2 Å². The van der Waals surface area contributed by atoms with Crippen molar-refractivity contribution in [3.63, 3.8) is 0 Å². The van der Waals surface area contributed by atoms with Crippen LogP contribution >= 0.6 is 11.6 Å². The van der Waals surface area contributed by atoms with Gasteiger partial charge in [-0.1, -0.05) is 11.6 Å². The van der Waals surface area contributed by atoms with Gasteiger partial charge in [-0.05, 0) is 0 Å². The Morgan fingerprint density at radius 2 is 2.14 bits per heavy atom. The molecule has 1 aromatic heterocycles. The van der Waals surface area contributed by atoms with E-state index in [0.717, 1.165) is 6.26 Å². The van der Waals surface area contributed by atoms with Gasteiger partial charge in [0.25, 0.3) is 0 Å². The van der Waals surface area contributed by atoms with Gasteiger partial charge >= 0.3 is 0 Å². The van der Waals surface area contributed by atoms with Crippen molar-refractivity contribution in [2.45, 2.75) is 0 Å². The molecule has 0 unspecified atom stereocenters. The third kappa shape index (κ3) is 3.35. The average molecular weight is 238 g/mol. The number of aromatic nitrogens is 2. The molecule has 1 heterocycles. The Morgan fingerprint density at radius 1 is 1.50 bits per heavy atom. The van der Waals surface area contributed by atoms with Gasteiger partial charge in [0.15, 0.2) is 0 Å². The number of methoxy groups -OCH3 is 1. The standard InChI is InChI=1S/C6H8ClN3O3S/c1-13-5-3-4(7)8-6(9-5)10-14(2,11)12/h3H,1-2H3,(H,8,9,10). The van der Waals surface area contributed by atoms with Crippen molar-refractivity contribution < 1.29 is 13.2 Å². The molecule has 0 radical (unpaired) electrons. The minimum Gasteiger partial charge on any atom is -0.481 e. The summed E-state index contributed by atoms with van der Waals surface area (Å²) in [5.74, 6) is 0.0769. The molecule has 0 saturated carbocycles. The first kappa shape index (κ1) is 11.0. The zero-order valence-electron chi connectivity index (χ0n) is 7.48.